The topological polar surface area (TPSA) is 228 Å². The molecule has 347 valence electrons. The van der Waals surface area contributed by atoms with Crippen LogP contribution in [0.4, 0.5) is 23.2 Å². The van der Waals surface area contributed by atoms with Crippen LogP contribution in [0.15, 0.2) is 34.4 Å². The van der Waals surface area contributed by atoms with Crippen molar-refractivity contribution < 1.29 is 93.5 Å². The molecule has 2 aromatic rings. The second-order valence-corrected chi connectivity index (χ2v) is 13.7. The van der Waals surface area contributed by atoms with E-state index < -0.39 is 52.5 Å². The number of benzene rings is 2. The molecule has 1 fully saturated rings. The minimum atomic E-state index is -1.94. The van der Waals surface area contributed by atoms with E-state index in [1.807, 2.05) is 13.3 Å². The van der Waals surface area contributed by atoms with Crippen molar-refractivity contribution in [2.45, 2.75) is 63.8 Å². The number of aliphatic hydroxyl groups excluding tert-OH is 2. The quantitative estimate of drug-likeness (QED) is 0.00602. The van der Waals surface area contributed by atoms with Crippen LogP contribution >= 0.6 is 21.5 Å². The Kier molecular flexibility index (Phi) is 34.8. The van der Waals surface area contributed by atoms with Crippen LogP contribution < -0.4 is 26.5 Å². The summed E-state index contributed by atoms with van der Waals surface area (Å²) in [6.45, 7) is 5.28. The SMILES string of the molecule is C[CH-]CC1CC(O)C(O)CO1.N/N=C(\C=NCCOCCOCCOCCOCCC(=O)Oc1c(F)c(F)c(F)c(P)c1F)CCCCNC(=S)Nc1ccc(O)cc1.[B]O.[Nb]. The van der Waals surface area contributed by atoms with Crippen LogP contribution in [0.2, 0.25) is 0 Å². The van der Waals surface area contributed by atoms with Crippen LogP contribution in [0.1, 0.15) is 45.4 Å². The minimum Gasteiger partial charge on any atom is -0.508 e. The Morgan fingerprint density at radius 2 is 1.53 bits per heavy atom. The predicted octanol–water partition coefficient (Wildman–Crippen LogP) is 2.52. The van der Waals surface area contributed by atoms with Crippen LogP contribution in [0.25, 0.3) is 0 Å². The molecule has 4 unspecified atom stereocenters. The molecule has 1 aliphatic heterocycles. The third kappa shape index (κ3) is 25.5. The smallest absolute Gasteiger partial charge is 0.313 e. The zero-order chi connectivity index (χ0) is 45.4. The number of anilines is 1. The van der Waals surface area contributed by atoms with Crippen molar-refractivity contribution in [2.75, 3.05) is 77.9 Å². The summed E-state index contributed by atoms with van der Waals surface area (Å²) in [7, 11) is 5.08. The van der Waals surface area contributed by atoms with E-state index in [0.717, 1.165) is 24.9 Å². The van der Waals surface area contributed by atoms with E-state index in [-0.39, 0.29) is 67.1 Å². The Balaban J connectivity index is 0.00000228. The molecule has 0 spiro atoms. The van der Waals surface area contributed by atoms with Crippen LogP contribution in [0.3, 0.4) is 0 Å². The number of nitrogens with zero attached hydrogens (tertiary/aromatic N) is 2. The maximum Gasteiger partial charge on any atom is 0.313 e. The monoisotopic (exact) mass is 1000 g/mol. The Labute approximate surface area is 383 Å². The van der Waals surface area contributed by atoms with Gasteiger partial charge in [-0.3, -0.25) is 9.79 Å². The van der Waals surface area contributed by atoms with Crippen molar-refractivity contribution >= 4 is 63.5 Å². The van der Waals surface area contributed by atoms with Gasteiger partial charge >= 0.3 is 5.97 Å². The Morgan fingerprint density at radius 1 is 0.935 bits per heavy atom. The molecule has 16 nitrogen and oxygen atoms in total. The van der Waals surface area contributed by atoms with Gasteiger partial charge in [0.2, 0.25) is 11.6 Å². The number of aliphatic hydroxyl groups is 2. The predicted molar refractivity (Wildman–Crippen MR) is 229 cm³/mol. The number of halogens is 4. The number of esters is 1. The van der Waals surface area contributed by atoms with Crippen molar-refractivity contribution in [3.8, 4) is 11.5 Å². The van der Waals surface area contributed by atoms with Gasteiger partial charge in [-0.2, -0.15) is 22.8 Å². The second kappa shape index (κ2) is 36.5. The second-order valence-electron chi connectivity index (χ2n) is 12.7. The van der Waals surface area contributed by atoms with Gasteiger partial charge in [-0.05, 0) is 62.2 Å². The van der Waals surface area contributed by atoms with E-state index in [2.05, 4.69) is 33.5 Å². The Hall–Kier alpha value is -2.82. The van der Waals surface area contributed by atoms with Gasteiger partial charge in [0, 0.05) is 52.2 Å². The molecule has 0 bridgehead atoms. The summed E-state index contributed by atoms with van der Waals surface area (Å²) in [5.74, 6) is -3.87. The zero-order valence-corrected chi connectivity index (χ0v) is 38.5. The molecule has 2 aromatic carbocycles. The average molecular weight is 1000 g/mol. The summed E-state index contributed by atoms with van der Waals surface area (Å²) < 4.78 is 85.5. The average Bonchev–Trinajstić information content (AvgIpc) is 3.25. The first-order chi connectivity index (χ1) is 29.4. The van der Waals surface area contributed by atoms with Crippen LogP contribution in [-0.2, 0) is 50.9 Å². The summed E-state index contributed by atoms with van der Waals surface area (Å²) in [5, 5.41) is 43.7. The number of thiocarbonyl (C=S) groups is 1. The van der Waals surface area contributed by atoms with Gasteiger partial charge in [-0.15, -0.1) is 0 Å². The molecule has 0 aliphatic carbocycles. The van der Waals surface area contributed by atoms with Gasteiger partial charge < -0.3 is 71.7 Å². The maximum absolute atomic E-state index is 13.9. The van der Waals surface area contributed by atoms with Gasteiger partial charge in [0.1, 0.15) is 11.9 Å². The van der Waals surface area contributed by atoms with Crippen molar-refractivity contribution in [3.05, 3.63) is 54.0 Å². The molecule has 0 aromatic heterocycles. The number of carbonyl (C=O) groups is 1. The normalized spacial score (nSPS) is 16.0. The van der Waals surface area contributed by atoms with Gasteiger partial charge in [0.05, 0.1) is 84.2 Å². The Bertz CT molecular complexity index is 1590. The largest absolute Gasteiger partial charge is 0.508 e. The molecule has 3 rings (SSSR count). The first kappa shape index (κ1) is 59.2. The fraction of sp³-hybridized carbons (Fsp3) is 0.553. The number of rotatable bonds is 25. The van der Waals surface area contributed by atoms with E-state index in [4.69, 9.17) is 51.9 Å². The molecule has 1 saturated heterocycles. The third-order valence-corrected chi connectivity index (χ3v) is 8.78. The fourth-order valence-electron chi connectivity index (χ4n) is 4.87. The van der Waals surface area contributed by atoms with E-state index in [9.17, 15) is 32.6 Å². The number of nitrogens with one attached hydrogen (secondary N) is 2. The molecule has 24 heteroatoms. The van der Waals surface area contributed by atoms with Gasteiger partial charge in [0.15, 0.2) is 22.6 Å². The van der Waals surface area contributed by atoms with E-state index in [0.29, 0.717) is 69.8 Å². The van der Waals surface area contributed by atoms with Crippen LogP contribution in [0.5, 0.6) is 11.5 Å². The summed E-state index contributed by atoms with van der Waals surface area (Å²) in [5.41, 5.74) is 1.46. The molecule has 4 atom stereocenters. The molecular weight excluding hydrogens is 945 g/mol. The van der Waals surface area contributed by atoms with Gasteiger partial charge in [-0.1, -0.05) is 9.24 Å². The summed E-state index contributed by atoms with van der Waals surface area (Å²) >= 11 is 5.25. The number of hydrogen-bond acceptors (Lipinski definition) is 15. The molecule has 8 N–H and O–H groups in total. The number of carbonyl (C=O) groups excluding carboxylic acids is 1. The van der Waals surface area contributed by atoms with Crippen molar-refractivity contribution in [2.24, 2.45) is 15.9 Å². The number of ether oxygens (including phenoxy) is 6. The van der Waals surface area contributed by atoms with E-state index >= 15 is 0 Å². The van der Waals surface area contributed by atoms with Crippen LogP contribution in [-0.4, -0.2) is 142 Å². The zero-order valence-electron chi connectivity index (χ0n) is 34.4. The summed E-state index contributed by atoms with van der Waals surface area (Å²) in [4.78, 5) is 16.0. The molecule has 62 heavy (non-hydrogen) atoms. The van der Waals surface area contributed by atoms with E-state index in [1.165, 1.54) is 0 Å². The van der Waals surface area contributed by atoms with Crippen molar-refractivity contribution in [1.29, 1.82) is 0 Å². The molecule has 3 radical (unpaired) electrons. The molecular formula is C38H56BF4N5NbO11PS-. The number of hydrazone groups is 1. The summed E-state index contributed by atoms with van der Waals surface area (Å²) in [6.07, 6.45) is 5.83. The Morgan fingerprint density at radius 3 is 2.11 bits per heavy atom. The first-order valence-electron chi connectivity index (χ1n) is 19.1. The molecule has 0 saturated carbocycles. The van der Waals surface area contributed by atoms with Crippen LogP contribution in [0, 0.1) is 29.7 Å². The molecule has 0 amide bonds. The number of hydrogen-bond donors (Lipinski definition) is 7. The number of phenolic OH excluding ortho intramolecular Hbond substituents is 1. The number of unbranched alkanes of at least 4 members (excludes halogenated alkanes) is 1. The standard InChI is InChI=1S/C30H40F4N5O7PS.C8H15O3.BHO.Nb/c31-24-25(32)28(27(34)29(47)26(24)33)46-23(41)8-11-42-13-15-44-17-18-45-16-14-43-12-10-36-19-21(39-35)3-1-2-9-37-30(48)38-20-4-6-22(40)7-5-20;1-2-3-6-4-7(9)8(10)5-11-6;1-2;/h4-7,19,40H,1-3,8-18,35,47H2,(H2,37,38,48);2,6-10H,3-5H2,1H3;2H;/q;-1;;/b36-19?,39-21-;;;. The molecule has 1 heterocycles. The summed E-state index contributed by atoms with van der Waals surface area (Å²) in [6, 6.07) is 6.61. The van der Waals surface area contributed by atoms with Gasteiger partial charge in [-0.25, -0.2) is 13.2 Å². The number of aliphatic imine (C=N–C) groups is 1. The number of phenols is 1. The number of aromatic hydroxyl groups is 1. The molecule has 1 aliphatic rings. The van der Waals surface area contributed by atoms with Gasteiger partial charge in [0.25, 0.3) is 8.05 Å². The van der Waals surface area contributed by atoms with E-state index in [1.54, 1.807) is 39.7 Å². The maximum atomic E-state index is 13.9. The third-order valence-electron chi connectivity index (χ3n) is 8.03. The fourth-order valence-corrected chi connectivity index (χ4v) is 5.35. The van der Waals surface area contributed by atoms with Crippen molar-refractivity contribution in [1.82, 2.24) is 5.32 Å². The number of nitrogens with two attached hydrogens (primary N) is 1. The first-order valence-corrected chi connectivity index (χ1v) is 20.1. The van der Waals surface area contributed by atoms with Crippen molar-refractivity contribution in [3.63, 3.8) is 0 Å². The minimum absolute atomic E-state index is 0.